The Bertz CT molecular complexity index is 1230. The maximum atomic E-state index is 12.8. The lowest BCUT2D eigenvalue weighted by atomic mass is 9.87. The van der Waals surface area contributed by atoms with E-state index in [-0.39, 0.29) is 5.56 Å². The summed E-state index contributed by atoms with van der Waals surface area (Å²) in [7, 11) is 0. The number of hydrogen-bond donors (Lipinski definition) is 1. The predicted molar refractivity (Wildman–Crippen MR) is 119 cm³/mol. The molecule has 1 aromatic carbocycles. The number of H-pyrrole nitrogens is 1. The normalized spacial score (nSPS) is 16.2. The van der Waals surface area contributed by atoms with Crippen molar-refractivity contribution >= 4 is 27.2 Å². The van der Waals surface area contributed by atoms with Gasteiger partial charge in [-0.15, -0.1) is 11.3 Å². The van der Waals surface area contributed by atoms with Crippen molar-refractivity contribution in [2.75, 3.05) is 19.6 Å². The summed E-state index contributed by atoms with van der Waals surface area (Å²) in [5.74, 6) is 0.610. The number of piperidine rings is 1. The van der Waals surface area contributed by atoms with Gasteiger partial charge in [-0.3, -0.25) is 9.20 Å². The van der Waals surface area contributed by atoms with Crippen LogP contribution in [0.3, 0.4) is 0 Å². The minimum atomic E-state index is 0.0954. The van der Waals surface area contributed by atoms with E-state index in [1.807, 2.05) is 18.5 Å². The molecule has 5 nitrogen and oxygen atoms in total. The van der Waals surface area contributed by atoms with Crippen molar-refractivity contribution in [2.24, 2.45) is 0 Å². The Labute approximate surface area is 174 Å². The first-order valence-electron chi connectivity index (χ1n) is 10.4. The van der Waals surface area contributed by atoms with Crippen molar-refractivity contribution in [3.63, 3.8) is 0 Å². The monoisotopic (exact) mass is 406 g/mol. The molecule has 4 aromatic rings. The van der Waals surface area contributed by atoms with Gasteiger partial charge < -0.3 is 9.88 Å². The van der Waals surface area contributed by atoms with Crippen LogP contribution in [0.5, 0.6) is 0 Å². The topological polar surface area (TPSA) is 53.4 Å². The van der Waals surface area contributed by atoms with E-state index in [1.165, 1.54) is 46.3 Å². The molecule has 1 fully saturated rings. The van der Waals surface area contributed by atoms with E-state index in [9.17, 15) is 4.79 Å². The van der Waals surface area contributed by atoms with E-state index >= 15 is 0 Å². The predicted octanol–water partition coefficient (Wildman–Crippen LogP) is 4.28. The Morgan fingerprint density at radius 3 is 2.83 bits per heavy atom. The standard InChI is InChI=1S/C23H26N4OS/c1-15-18(22(28)27-13-14-29-23(27)25-15)9-12-26-10-7-17(8-11-26)21-16(2)24-20-6-4-3-5-19(20)21/h3-6,13-14,17,24H,7-12H2,1-2H3. The third kappa shape index (κ3) is 3.30. The van der Waals surface area contributed by atoms with Crippen LogP contribution in [0.15, 0.2) is 40.6 Å². The average molecular weight is 407 g/mol. The number of thiazole rings is 1. The number of likely N-dealkylation sites (tertiary alicyclic amines) is 1. The average Bonchev–Trinajstić information content (AvgIpc) is 3.32. The molecule has 0 bridgehead atoms. The molecule has 3 aromatic heterocycles. The summed E-state index contributed by atoms with van der Waals surface area (Å²) in [5, 5.41) is 3.30. The Hall–Kier alpha value is -2.44. The molecule has 0 atom stereocenters. The molecule has 1 N–H and O–H groups in total. The van der Waals surface area contributed by atoms with Gasteiger partial charge in [0.15, 0.2) is 4.96 Å². The van der Waals surface area contributed by atoms with Crippen LogP contribution in [0.2, 0.25) is 0 Å². The maximum absolute atomic E-state index is 12.8. The molecule has 0 aliphatic carbocycles. The van der Waals surface area contributed by atoms with Crippen molar-refractivity contribution in [1.29, 1.82) is 0 Å². The van der Waals surface area contributed by atoms with Crippen LogP contribution < -0.4 is 5.56 Å². The Morgan fingerprint density at radius 2 is 2.00 bits per heavy atom. The molecule has 1 aliphatic rings. The number of aryl methyl sites for hydroxylation is 2. The van der Waals surface area contributed by atoms with Gasteiger partial charge in [0.25, 0.3) is 5.56 Å². The second-order valence-corrected chi connectivity index (χ2v) is 8.98. The van der Waals surface area contributed by atoms with Crippen molar-refractivity contribution in [2.45, 2.75) is 39.0 Å². The SMILES string of the molecule is Cc1nc2sccn2c(=O)c1CCN1CCC(c2c(C)[nH]c3ccccc23)CC1. The highest BCUT2D eigenvalue weighted by Crippen LogP contribution is 2.35. The van der Waals surface area contributed by atoms with Crippen molar-refractivity contribution < 1.29 is 0 Å². The van der Waals surface area contributed by atoms with Gasteiger partial charge in [-0.05, 0) is 63.7 Å². The van der Waals surface area contributed by atoms with Crippen LogP contribution in [0.1, 0.15) is 41.3 Å². The maximum Gasteiger partial charge on any atom is 0.261 e. The number of benzene rings is 1. The highest BCUT2D eigenvalue weighted by atomic mass is 32.1. The minimum absolute atomic E-state index is 0.0954. The zero-order chi connectivity index (χ0) is 20.0. The van der Waals surface area contributed by atoms with Gasteiger partial charge in [0.1, 0.15) is 0 Å². The molecule has 0 amide bonds. The molecule has 6 heteroatoms. The molecule has 5 rings (SSSR count). The molecule has 150 valence electrons. The van der Waals surface area contributed by atoms with E-state index in [0.29, 0.717) is 5.92 Å². The third-order valence-corrected chi connectivity index (χ3v) is 7.14. The Morgan fingerprint density at radius 1 is 1.21 bits per heavy atom. The largest absolute Gasteiger partial charge is 0.358 e. The number of aromatic nitrogens is 3. The van der Waals surface area contributed by atoms with Crippen molar-refractivity contribution in [3.8, 4) is 0 Å². The van der Waals surface area contributed by atoms with Gasteiger partial charge >= 0.3 is 0 Å². The van der Waals surface area contributed by atoms with Gasteiger partial charge in [0.05, 0.1) is 0 Å². The lowest BCUT2D eigenvalue weighted by molar-refractivity contribution is 0.214. The van der Waals surface area contributed by atoms with E-state index in [1.54, 1.807) is 4.40 Å². The van der Waals surface area contributed by atoms with Crippen molar-refractivity contribution in [3.05, 3.63) is 68.7 Å². The second kappa shape index (κ2) is 7.43. The number of nitrogens with one attached hydrogen (secondary N) is 1. The molecule has 4 heterocycles. The first kappa shape index (κ1) is 18.6. The highest BCUT2D eigenvalue weighted by Gasteiger charge is 2.24. The van der Waals surface area contributed by atoms with Crippen LogP contribution >= 0.6 is 11.3 Å². The fourth-order valence-corrected chi connectivity index (χ4v) is 5.60. The summed E-state index contributed by atoms with van der Waals surface area (Å²) < 4.78 is 1.68. The van der Waals surface area contributed by atoms with E-state index in [4.69, 9.17) is 0 Å². The van der Waals surface area contributed by atoms with E-state index < -0.39 is 0 Å². The molecule has 29 heavy (non-hydrogen) atoms. The lowest BCUT2D eigenvalue weighted by Crippen LogP contribution is -2.35. The summed E-state index contributed by atoms with van der Waals surface area (Å²) in [6.45, 7) is 7.25. The number of rotatable bonds is 4. The van der Waals surface area contributed by atoms with Gasteiger partial charge in [0.2, 0.25) is 0 Å². The van der Waals surface area contributed by atoms with E-state index in [2.05, 4.69) is 46.1 Å². The molecule has 0 radical (unpaired) electrons. The molecule has 0 saturated carbocycles. The summed E-state index contributed by atoms with van der Waals surface area (Å²) in [4.78, 5) is 24.2. The Kier molecular flexibility index (Phi) is 4.76. The number of nitrogens with zero attached hydrogens (tertiary/aromatic N) is 3. The van der Waals surface area contributed by atoms with Crippen LogP contribution in [0, 0.1) is 13.8 Å². The molecule has 0 spiro atoms. The second-order valence-electron chi connectivity index (χ2n) is 8.11. The van der Waals surface area contributed by atoms with Gasteiger partial charge in [-0.1, -0.05) is 18.2 Å². The van der Waals surface area contributed by atoms with Crippen molar-refractivity contribution in [1.82, 2.24) is 19.3 Å². The molecule has 0 unspecified atom stereocenters. The van der Waals surface area contributed by atoms with Crippen LogP contribution in [-0.2, 0) is 6.42 Å². The minimum Gasteiger partial charge on any atom is -0.358 e. The summed E-state index contributed by atoms with van der Waals surface area (Å²) >= 11 is 1.51. The number of fused-ring (bicyclic) bond motifs is 2. The van der Waals surface area contributed by atoms with Crippen LogP contribution in [0.4, 0.5) is 0 Å². The summed E-state index contributed by atoms with van der Waals surface area (Å²) in [6.07, 6.45) is 4.94. The zero-order valence-corrected chi connectivity index (χ0v) is 17.8. The highest BCUT2D eigenvalue weighted by molar-refractivity contribution is 7.15. The molecular weight excluding hydrogens is 380 g/mol. The summed E-state index contributed by atoms with van der Waals surface area (Å²) in [6, 6.07) is 8.63. The molecule has 1 saturated heterocycles. The summed E-state index contributed by atoms with van der Waals surface area (Å²) in [5.41, 5.74) is 5.88. The quantitative estimate of drug-likeness (QED) is 0.550. The van der Waals surface area contributed by atoms with Gasteiger partial charge in [0, 0.05) is 46.0 Å². The first-order chi connectivity index (χ1) is 14.1. The number of hydrogen-bond acceptors (Lipinski definition) is 4. The van der Waals surface area contributed by atoms with Gasteiger partial charge in [-0.25, -0.2) is 4.98 Å². The van der Waals surface area contributed by atoms with Crippen LogP contribution in [-0.4, -0.2) is 38.9 Å². The number of aromatic amines is 1. The fraction of sp³-hybridized carbons (Fsp3) is 0.391. The van der Waals surface area contributed by atoms with Gasteiger partial charge in [-0.2, -0.15) is 0 Å². The van der Waals surface area contributed by atoms with E-state index in [0.717, 1.165) is 42.3 Å². The fourth-order valence-electron chi connectivity index (χ4n) is 4.85. The Balaban J connectivity index is 1.27. The zero-order valence-electron chi connectivity index (χ0n) is 16.9. The van der Waals surface area contributed by atoms with Crippen LogP contribution in [0.25, 0.3) is 15.9 Å². The molecular formula is C23H26N4OS. The third-order valence-electron chi connectivity index (χ3n) is 6.38. The molecule has 1 aliphatic heterocycles. The number of para-hydroxylation sites is 1. The lowest BCUT2D eigenvalue weighted by Gasteiger charge is -2.32. The smallest absolute Gasteiger partial charge is 0.261 e. The first-order valence-corrected chi connectivity index (χ1v) is 11.2.